The molecule has 0 aromatic heterocycles. The van der Waals surface area contributed by atoms with Crippen molar-refractivity contribution in [2.24, 2.45) is 5.41 Å². The third-order valence-electron chi connectivity index (χ3n) is 1.49. The molecule has 6 heteroatoms. The largest absolute Gasteiger partial charge is 0.396 e. The van der Waals surface area contributed by atoms with E-state index in [0.29, 0.717) is 5.75 Å². The van der Waals surface area contributed by atoms with Gasteiger partial charge in [0, 0.05) is 55.2 Å². The second-order valence-corrected chi connectivity index (χ2v) is 7.09. The number of aliphatic hydroxyl groups is 1. The molecule has 0 aromatic carbocycles. The molecule has 0 aliphatic carbocycles. The fourth-order valence-corrected chi connectivity index (χ4v) is 5.25. The first-order valence-corrected chi connectivity index (χ1v) is 6.11. The smallest absolute Gasteiger partial charge is 0.202 e. The number of rotatable bonds is 1. The van der Waals surface area contributed by atoms with E-state index in [0.717, 1.165) is 10.8 Å². The molecule has 0 amide bonds. The topological polar surface area (TPSA) is 54.4 Å². The van der Waals surface area contributed by atoms with Gasteiger partial charge >= 0.3 is 0 Å². The molecule has 1 aliphatic heterocycles. The normalized spacial score (nSPS) is 34.7. The Morgan fingerprint density at radius 3 is 2.36 bits per heavy atom. The minimum absolute atomic E-state index is 0. The summed E-state index contributed by atoms with van der Waals surface area (Å²) in [5.41, 5.74) is -0.399. The van der Waals surface area contributed by atoms with Gasteiger partial charge in [-0.1, -0.05) is 6.92 Å². The van der Waals surface area contributed by atoms with E-state index in [2.05, 4.69) is 0 Å². The van der Waals surface area contributed by atoms with Crippen LogP contribution >= 0.6 is 10.8 Å². The van der Waals surface area contributed by atoms with E-state index in [1.54, 1.807) is 6.92 Å². The Bertz CT molecular complexity index is 226. The van der Waals surface area contributed by atoms with Gasteiger partial charge in [0.05, 0.1) is 12.4 Å². The number of aliphatic hydroxyl groups excluding tert-OH is 1. The summed E-state index contributed by atoms with van der Waals surface area (Å²) in [5, 5.41) is 8.78. The van der Waals surface area contributed by atoms with Gasteiger partial charge in [0.2, 0.25) is 8.87 Å². The molecule has 0 spiro atoms. The van der Waals surface area contributed by atoms with E-state index in [4.69, 9.17) is 5.11 Å². The summed E-state index contributed by atoms with van der Waals surface area (Å²) >= 11 is 0. The molecule has 1 N–H and O–H groups in total. The molecule has 0 saturated carbocycles. The van der Waals surface area contributed by atoms with Crippen molar-refractivity contribution in [3.63, 3.8) is 0 Å². The third kappa shape index (κ3) is 3.51. The SMILES string of the molecule is CC1(CO)CSS(=O)(=O)C1.[Ac]. The average Bonchev–Trinajstić information content (AvgIpc) is 2.08. The monoisotopic (exact) mass is 409 g/mol. The number of hydrogen-bond acceptors (Lipinski definition) is 4. The van der Waals surface area contributed by atoms with Gasteiger partial charge in [-0.25, -0.2) is 8.42 Å². The predicted molar refractivity (Wildman–Crippen MR) is 41.4 cm³/mol. The van der Waals surface area contributed by atoms with Gasteiger partial charge in [0.1, 0.15) is 0 Å². The second-order valence-electron chi connectivity index (χ2n) is 2.93. The first-order valence-electron chi connectivity index (χ1n) is 2.95. The van der Waals surface area contributed by atoms with Crippen LogP contribution in [0, 0.1) is 49.5 Å². The second kappa shape index (κ2) is 4.28. The Morgan fingerprint density at radius 2 is 2.18 bits per heavy atom. The molecule has 1 rings (SSSR count). The van der Waals surface area contributed by atoms with Crippen LogP contribution in [0.1, 0.15) is 6.92 Å². The first kappa shape index (κ1) is 12.7. The van der Waals surface area contributed by atoms with Crippen LogP contribution in [0.25, 0.3) is 0 Å². The maximum absolute atomic E-state index is 10.9. The van der Waals surface area contributed by atoms with Crippen molar-refractivity contribution in [3.05, 3.63) is 0 Å². The van der Waals surface area contributed by atoms with E-state index in [9.17, 15) is 8.42 Å². The Morgan fingerprint density at radius 1 is 1.64 bits per heavy atom. The van der Waals surface area contributed by atoms with E-state index >= 15 is 0 Å². The van der Waals surface area contributed by atoms with E-state index < -0.39 is 14.3 Å². The van der Waals surface area contributed by atoms with Crippen molar-refractivity contribution in [1.82, 2.24) is 0 Å². The Kier molecular flexibility index (Phi) is 4.94. The van der Waals surface area contributed by atoms with Crippen LogP contribution in [0.4, 0.5) is 0 Å². The molecule has 0 aromatic rings. The zero-order valence-corrected chi connectivity index (χ0v) is 12.7. The summed E-state index contributed by atoms with van der Waals surface area (Å²) in [6.07, 6.45) is 0. The molecule has 3 nitrogen and oxygen atoms in total. The van der Waals surface area contributed by atoms with E-state index in [-0.39, 0.29) is 56.4 Å². The third-order valence-corrected chi connectivity index (χ3v) is 5.50. The Balaban J connectivity index is 0.000001000. The van der Waals surface area contributed by atoms with Crippen molar-refractivity contribution in [2.75, 3.05) is 18.1 Å². The minimum atomic E-state index is -2.91. The van der Waals surface area contributed by atoms with Gasteiger partial charge in [-0.3, -0.25) is 0 Å². The zero-order valence-electron chi connectivity index (χ0n) is 6.28. The molecule has 63 valence electrons. The van der Waals surface area contributed by atoms with Crippen molar-refractivity contribution in [3.8, 4) is 0 Å². The molecule has 1 heterocycles. The summed E-state index contributed by atoms with van der Waals surface area (Å²) in [5.74, 6) is 0.632. The molecular formula is C5H10AcO3S2. The summed E-state index contributed by atoms with van der Waals surface area (Å²) in [6, 6.07) is 0. The van der Waals surface area contributed by atoms with Gasteiger partial charge in [0.25, 0.3) is 0 Å². The van der Waals surface area contributed by atoms with E-state index in [1.807, 2.05) is 0 Å². The fourth-order valence-electron chi connectivity index (χ4n) is 0.833. The number of hydrogen-bond donors (Lipinski definition) is 1. The van der Waals surface area contributed by atoms with Crippen molar-refractivity contribution in [1.29, 1.82) is 0 Å². The Labute approximate surface area is 106 Å². The molecule has 1 aliphatic rings. The maximum Gasteiger partial charge on any atom is 0.202 e. The van der Waals surface area contributed by atoms with Crippen LogP contribution in [0.15, 0.2) is 0 Å². The Hall–Kier alpha value is 1.70. The predicted octanol–water partition coefficient (Wildman–Crippen LogP) is 0.0616. The summed E-state index contributed by atoms with van der Waals surface area (Å²) in [7, 11) is -1.97. The van der Waals surface area contributed by atoms with Gasteiger partial charge in [0.15, 0.2) is 0 Å². The van der Waals surface area contributed by atoms with E-state index in [1.165, 1.54) is 0 Å². The van der Waals surface area contributed by atoms with Gasteiger partial charge < -0.3 is 5.11 Å². The summed E-state index contributed by atoms with van der Waals surface area (Å²) in [6.45, 7) is 1.74. The fraction of sp³-hybridized carbons (Fsp3) is 1.00. The minimum Gasteiger partial charge on any atom is -0.396 e. The van der Waals surface area contributed by atoms with Crippen LogP contribution in [0.3, 0.4) is 0 Å². The molecule has 1 fully saturated rings. The maximum atomic E-state index is 10.9. The van der Waals surface area contributed by atoms with Crippen LogP contribution in [0.5, 0.6) is 0 Å². The summed E-state index contributed by atoms with van der Waals surface area (Å²) in [4.78, 5) is 0. The van der Waals surface area contributed by atoms with Crippen LogP contribution < -0.4 is 0 Å². The van der Waals surface area contributed by atoms with Crippen molar-refractivity contribution in [2.45, 2.75) is 6.92 Å². The van der Waals surface area contributed by atoms with Crippen LogP contribution in [-0.2, 0) is 8.87 Å². The first-order chi connectivity index (χ1) is 4.47. The van der Waals surface area contributed by atoms with Crippen molar-refractivity contribution >= 4 is 19.7 Å². The zero-order chi connectivity index (χ0) is 7.83. The molecule has 1 radical (unpaired) electrons. The van der Waals surface area contributed by atoms with Crippen LogP contribution in [0.2, 0.25) is 0 Å². The van der Waals surface area contributed by atoms with Crippen molar-refractivity contribution < 1.29 is 57.6 Å². The summed E-state index contributed by atoms with van der Waals surface area (Å²) < 4.78 is 21.7. The molecule has 0 bridgehead atoms. The average molecular weight is 409 g/mol. The standard InChI is InChI=1S/C5H10O3S2.Ac/c1-5(2-6)3-9-10(7,8)4-5;/h6H,2-4H2,1H3;. The molecule has 1 unspecified atom stereocenters. The molecule has 11 heavy (non-hydrogen) atoms. The molecule has 1 atom stereocenters. The molecular weight excluding hydrogens is 399 g/mol. The van der Waals surface area contributed by atoms with Crippen LogP contribution in [-0.4, -0.2) is 31.6 Å². The quantitative estimate of drug-likeness (QED) is 0.623. The van der Waals surface area contributed by atoms with Gasteiger partial charge in [-0.05, 0) is 10.8 Å². The molecule has 1 saturated heterocycles. The van der Waals surface area contributed by atoms with Gasteiger partial charge in [-0.2, -0.15) is 0 Å². The van der Waals surface area contributed by atoms with Gasteiger partial charge in [-0.15, -0.1) is 0 Å².